The average molecular weight is 443 g/mol. The van der Waals surface area contributed by atoms with Gasteiger partial charge < -0.3 is 5.32 Å². The number of carbonyl (C=O) groups is 1. The molecule has 0 heterocycles. The minimum atomic E-state index is -3.70. The van der Waals surface area contributed by atoms with Crippen molar-refractivity contribution in [3.05, 3.63) is 88.4 Å². The molecule has 0 spiro atoms. The van der Waals surface area contributed by atoms with E-state index in [1.807, 2.05) is 32.0 Å². The van der Waals surface area contributed by atoms with E-state index < -0.39 is 10.0 Å². The van der Waals surface area contributed by atoms with E-state index in [9.17, 15) is 13.2 Å². The highest BCUT2D eigenvalue weighted by atomic mass is 35.5. The van der Waals surface area contributed by atoms with Gasteiger partial charge in [0.25, 0.3) is 10.0 Å². The van der Waals surface area contributed by atoms with Crippen LogP contribution in [0.25, 0.3) is 0 Å². The quantitative estimate of drug-likeness (QED) is 0.586. The number of sulfonamides is 1. The summed E-state index contributed by atoms with van der Waals surface area (Å²) in [4.78, 5) is 12.5. The number of rotatable bonds is 6. The number of hydrogen-bond donors (Lipinski definition) is 1. The molecule has 3 aromatic carbocycles. The molecule has 0 radical (unpaired) electrons. The molecule has 0 aromatic heterocycles. The van der Waals surface area contributed by atoms with Crippen LogP contribution in [0.2, 0.25) is 5.02 Å². The lowest BCUT2D eigenvalue weighted by Crippen LogP contribution is -2.26. The molecule has 7 heteroatoms. The molecule has 156 valence electrons. The molecule has 3 aromatic rings. The van der Waals surface area contributed by atoms with Gasteiger partial charge in [0.1, 0.15) is 0 Å². The van der Waals surface area contributed by atoms with Crippen molar-refractivity contribution in [1.82, 2.24) is 0 Å². The molecule has 0 saturated carbocycles. The van der Waals surface area contributed by atoms with Gasteiger partial charge in [-0.15, -0.1) is 0 Å². The number of nitrogens with zero attached hydrogens (tertiary/aromatic N) is 1. The minimum absolute atomic E-state index is 0.130. The summed E-state index contributed by atoms with van der Waals surface area (Å²) < 4.78 is 26.8. The Morgan fingerprint density at radius 2 is 1.50 bits per heavy atom. The SMILES string of the molecule is Cc1cc(C)cc(NC(=O)Cc2ccc(N(C)S(=O)(=O)c3ccc(Cl)cc3)cc2)c1. The maximum Gasteiger partial charge on any atom is 0.264 e. The third-order valence-corrected chi connectivity index (χ3v) is 6.69. The minimum Gasteiger partial charge on any atom is -0.326 e. The summed E-state index contributed by atoms with van der Waals surface area (Å²) in [5.41, 5.74) is 4.23. The predicted molar refractivity (Wildman–Crippen MR) is 122 cm³/mol. The zero-order valence-corrected chi connectivity index (χ0v) is 18.6. The van der Waals surface area contributed by atoms with E-state index in [4.69, 9.17) is 11.6 Å². The van der Waals surface area contributed by atoms with Crippen molar-refractivity contribution in [1.29, 1.82) is 0 Å². The first-order valence-electron chi connectivity index (χ1n) is 9.37. The second-order valence-electron chi connectivity index (χ2n) is 7.19. The van der Waals surface area contributed by atoms with Gasteiger partial charge in [-0.25, -0.2) is 8.42 Å². The van der Waals surface area contributed by atoms with E-state index in [0.29, 0.717) is 10.7 Å². The van der Waals surface area contributed by atoms with Crippen LogP contribution in [0.3, 0.4) is 0 Å². The summed E-state index contributed by atoms with van der Waals surface area (Å²) in [7, 11) is -2.21. The smallest absolute Gasteiger partial charge is 0.264 e. The van der Waals surface area contributed by atoms with Crippen molar-refractivity contribution in [2.24, 2.45) is 0 Å². The van der Waals surface area contributed by atoms with Gasteiger partial charge in [0.05, 0.1) is 17.0 Å². The summed E-state index contributed by atoms with van der Waals surface area (Å²) in [6.07, 6.45) is 0.195. The fourth-order valence-corrected chi connectivity index (χ4v) is 4.49. The van der Waals surface area contributed by atoms with Crippen LogP contribution in [0.15, 0.2) is 71.6 Å². The fourth-order valence-electron chi connectivity index (χ4n) is 3.16. The van der Waals surface area contributed by atoms with Crippen LogP contribution >= 0.6 is 11.6 Å². The molecule has 0 aliphatic heterocycles. The van der Waals surface area contributed by atoms with E-state index in [0.717, 1.165) is 22.4 Å². The van der Waals surface area contributed by atoms with Gasteiger partial charge in [0.2, 0.25) is 5.91 Å². The summed E-state index contributed by atoms with van der Waals surface area (Å²) in [6, 6.07) is 18.8. The zero-order chi connectivity index (χ0) is 21.9. The van der Waals surface area contributed by atoms with Crippen molar-refractivity contribution < 1.29 is 13.2 Å². The number of carbonyl (C=O) groups excluding carboxylic acids is 1. The van der Waals surface area contributed by atoms with Crippen LogP contribution in [0.1, 0.15) is 16.7 Å². The molecule has 5 nitrogen and oxygen atoms in total. The highest BCUT2D eigenvalue weighted by Crippen LogP contribution is 2.24. The van der Waals surface area contributed by atoms with E-state index in [2.05, 4.69) is 5.32 Å². The molecule has 0 atom stereocenters. The van der Waals surface area contributed by atoms with Crippen LogP contribution in [-0.2, 0) is 21.2 Å². The summed E-state index contributed by atoms with van der Waals surface area (Å²) >= 11 is 5.84. The molecule has 0 bridgehead atoms. The number of aryl methyl sites for hydroxylation is 2. The van der Waals surface area contributed by atoms with Gasteiger partial charge in [-0.1, -0.05) is 29.8 Å². The molecule has 3 rings (SSSR count). The highest BCUT2D eigenvalue weighted by Gasteiger charge is 2.21. The highest BCUT2D eigenvalue weighted by molar-refractivity contribution is 7.92. The van der Waals surface area contributed by atoms with Gasteiger partial charge >= 0.3 is 0 Å². The van der Waals surface area contributed by atoms with Gasteiger partial charge in [-0.05, 0) is 79.1 Å². The largest absolute Gasteiger partial charge is 0.326 e. The van der Waals surface area contributed by atoms with E-state index in [-0.39, 0.29) is 17.2 Å². The number of anilines is 2. The molecule has 0 saturated heterocycles. The number of benzene rings is 3. The van der Waals surface area contributed by atoms with Crippen molar-refractivity contribution in [3.63, 3.8) is 0 Å². The Morgan fingerprint density at radius 3 is 2.07 bits per heavy atom. The number of amides is 1. The first kappa shape index (κ1) is 21.9. The summed E-state index contributed by atoms with van der Waals surface area (Å²) in [5, 5.41) is 3.38. The van der Waals surface area contributed by atoms with Crippen LogP contribution < -0.4 is 9.62 Å². The standard InChI is InChI=1S/C23H23ClN2O3S/c1-16-12-17(2)14-20(13-16)25-23(27)15-18-4-8-21(9-5-18)26(3)30(28,29)22-10-6-19(24)7-11-22/h4-14H,15H2,1-3H3,(H,25,27). The molecule has 1 amide bonds. The third-order valence-electron chi connectivity index (χ3n) is 4.64. The van der Waals surface area contributed by atoms with Gasteiger partial charge in [-0.3, -0.25) is 9.10 Å². The topological polar surface area (TPSA) is 66.5 Å². The molecule has 30 heavy (non-hydrogen) atoms. The van der Waals surface area contributed by atoms with Crippen LogP contribution in [0.4, 0.5) is 11.4 Å². The number of nitrogens with one attached hydrogen (secondary N) is 1. The number of halogens is 1. The van der Waals surface area contributed by atoms with Gasteiger partial charge in [0.15, 0.2) is 0 Å². The zero-order valence-electron chi connectivity index (χ0n) is 17.0. The molecule has 0 unspecified atom stereocenters. The molecule has 0 aliphatic rings. The van der Waals surface area contributed by atoms with Gasteiger partial charge in [0, 0.05) is 17.8 Å². The third kappa shape index (κ3) is 5.20. The van der Waals surface area contributed by atoms with Crippen LogP contribution in [0, 0.1) is 13.8 Å². The lowest BCUT2D eigenvalue weighted by atomic mass is 10.1. The normalized spacial score (nSPS) is 11.2. The maximum atomic E-state index is 12.8. The van der Waals surface area contributed by atoms with Crippen molar-refractivity contribution in [3.8, 4) is 0 Å². The Labute approximate surface area is 182 Å². The fraction of sp³-hybridized carbons (Fsp3) is 0.174. The Bertz CT molecular complexity index is 1140. The Hall–Kier alpha value is -2.83. The average Bonchev–Trinajstić information content (AvgIpc) is 2.67. The van der Waals surface area contributed by atoms with E-state index in [1.54, 1.807) is 36.4 Å². The Kier molecular flexibility index (Phi) is 6.48. The van der Waals surface area contributed by atoms with Gasteiger partial charge in [-0.2, -0.15) is 0 Å². The lowest BCUT2D eigenvalue weighted by Gasteiger charge is -2.20. The molecule has 0 fully saturated rings. The Morgan fingerprint density at radius 1 is 0.933 bits per heavy atom. The monoisotopic (exact) mass is 442 g/mol. The lowest BCUT2D eigenvalue weighted by molar-refractivity contribution is -0.115. The first-order valence-corrected chi connectivity index (χ1v) is 11.2. The molecule has 1 N–H and O–H groups in total. The first-order chi connectivity index (χ1) is 14.1. The van der Waals surface area contributed by atoms with E-state index >= 15 is 0 Å². The Balaban J connectivity index is 1.69. The second-order valence-corrected chi connectivity index (χ2v) is 9.60. The van der Waals surface area contributed by atoms with Crippen molar-refractivity contribution in [2.45, 2.75) is 25.2 Å². The number of hydrogen-bond acceptors (Lipinski definition) is 3. The van der Waals surface area contributed by atoms with Crippen molar-refractivity contribution in [2.75, 3.05) is 16.7 Å². The van der Waals surface area contributed by atoms with Crippen LogP contribution in [0.5, 0.6) is 0 Å². The molecule has 0 aliphatic carbocycles. The maximum absolute atomic E-state index is 12.8. The van der Waals surface area contributed by atoms with E-state index in [1.165, 1.54) is 23.5 Å². The second kappa shape index (κ2) is 8.90. The molecular weight excluding hydrogens is 420 g/mol. The van der Waals surface area contributed by atoms with Crippen LogP contribution in [-0.4, -0.2) is 21.4 Å². The predicted octanol–water partition coefficient (Wildman–Crippen LogP) is 4.96. The van der Waals surface area contributed by atoms with Crippen molar-refractivity contribution >= 4 is 38.9 Å². The summed E-state index contributed by atoms with van der Waals surface area (Å²) in [5.74, 6) is -0.130. The molecular formula is C23H23ClN2O3S. The summed E-state index contributed by atoms with van der Waals surface area (Å²) in [6.45, 7) is 3.96.